The van der Waals surface area contributed by atoms with E-state index < -0.39 is 23.3 Å². The molecule has 0 radical (unpaired) electrons. The van der Waals surface area contributed by atoms with Crippen LogP contribution in [0.2, 0.25) is 0 Å². The second-order valence-corrected chi connectivity index (χ2v) is 9.39. The molecule has 0 bridgehead atoms. The predicted molar refractivity (Wildman–Crippen MR) is 122 cm³/mol. The molecule has 2 aliphatic rings. The fraction of sp³-hybridized carbons (Fsp3) is 0.286. The van der Waals surface area contributed by atoms with Gasteiger partial charge in [-0.3, -0.25) is 19.5 Å². The number of aromatic nitrogens is 2. The van der Waals surface area contributed by atoms with Crippen LogP contribution in [0.4, 0.5) is 5.69 Å². The van der Waals surface area contributed by atoms with Crippen molar-refractivity contribution in [2.45, 2.75) is 29.8 Å². The third-order valence-electron chi connectivity index (χ3n) is 5.19. The molecule has 4 rings (SSSR count). The van der Waals surface area contributed by atoms with Crippen molar-refractivity contribution in [3.8, 4) is 0 Å². The van der Waals surface area contributed by atoms with E-state index in [0.29, 0.717) is 28.3 Å². The summed E-state index contributed by atoms with van der Waals surface area (Å²) in [6, 6.07) is 6.28. The summed E-state index contributed by atoms with van der Waals surface area (Å²) in [5.41, 5.74) is 8.46. The number of aliphatic carboxylic acids is 1. The number of fused-ring (bicyclic) bond motifs is 1. The van der Waals surface area contributed by atoms with Crippen LogP contribution in [0.3, 0.4) is 0 Å². The second kappa shape index (κ2) is 9.21. The quantitative estimate of drug-likeness (QED) is 0.311. The normalized spacial score (nSPS) is 19.9. The molecule has 1 aromatic heterocycles. The number of benzene rings is 1. The van der Waals surface area contributed by atoms with Crippen molar-refractivity contribution in [1.82, 2.24) is 20.2 Å². The van der Waals surface area contributed by atoms with Crippen LogP contribution in [0.25, 0.3) is 0 Å². The van der Waals surface area contributed by atoms with E-state index in [1.165, 1.54) is 28.4 Å². The van der Waals surface area contributed by atoms with Gasteiger partial charge in [0, 0.05) is 29.6 Å². The third-order valence-corrected chi connectivity index (χ3v) is 7.70. The minimum Gasteiger partial charge on any atom is -0.477 e. The van der Waals surface area contributed by atoms with E-state index in [4.69, 9.17) is 5.73 Å². The van der Waals surface area contributed by atoms with Gasteiger partial charge in [-0.15, -0.1) is 23.5 Å². The summed E-state index contributed by atoms with van der Waals surface area (Å²) < 4.78 is 0. The van der Waals surface area contributed by atoms with Crippen LogP contribution in [0.5, 0.6) is 0 Å². The maximum absolute atomic E-state index is 12.8. The molecule has 2 aliphatic heterocycles. The van der Waals surface area contributed by atoms with E-state index >= 15 is 0 Å². The van der Waals surface area contributed by atoms with Gasteiger partial charge in [-0.2, -0.15) is 0 Å². The Morgan fingerprint density at radius 1 is 1.31 bits per heavy atom. The number of amides is 2. The number of aryl methyl sites for hydroxylation is 1. The fourth-order valence-corrected chi connectivity index (χ4v) is 6.00. The highest BCUT2D eigenvalue weighted by molar-refractivity contribution is 8.01. The van der Waals surface area contributed by atoms with Gasteiger partial charge >= 0.3 is 5.97 Å². The first-order chi connectivity index (χ1) is 15.4. The number of nitrogens with one attached hydrogen (secondary N) is 1. The second-order valence-electron chi connectivity index (χ2n) is 7.32. The van der Waals surface area contributed by atoms with E-state index in [-0.39, 0.29) is 18.0 Å². The van der Waals surface area contributed by atoms with Crippen LogP contribution in [0, 0.1) is 6.92 Å². The number of carbonyl (C=O) groups excluding carboxylic acids is 2. The number of carboxylic acid groups (broad SMARTS) is 1. The van der Waals surface area contributed by atoms with Gasteiger partial charge in [-0.1, -0.05) is 18.2 Å². The topological polar surface area (TPSA) is 139 Å². The maximum atomic E-state index is 12.8. The van der Waals surface area contributed by atoms with Crippen molar-refractivity contribution in [2.75, 3.05) is 17.2 Å². The van der Waals surface area contributed by atoms with Gasteiger partial charge in [-0.05, 0) is 24.1 Å². The molecule has 2 amide bonds. The highest BCUT2D eigenvalue weighted by Gasteiger charge is 2.54. The molecular weight excluding hydrogens is 450 g/mol. The van der Waals surface area contributed by atoms with Gasteiger partial charge in [0.1, 0.15) is 22.1 Å². The fourth-order valence-electron chi connectivity index (χ4n) is 3.58. The maximum Gasteiger partial charge on any atom is 0.352 e. The minimum atomic E-state index is -1.16. The molecule has 3 heterocycles. The Morgan fingerprint density at radius 2 is 2.06 bits per heavy atom. The number of nitrogens with zero attached hydrogens (tertiary/aromatic N) is 3. The van der Waals surface area contributed by atoms with Crippen LogP contribution < -0.4 is 11.1 Å². The predicted octanol–water partition coefficient (Wildman–Crippen LogP) is 1.44. The van der Waals surface area contributed by atoms with Gasteiger partial charge in [-0.25, -0.2) is 9.78 Å². The Balaban J connectivity index is 1.45. The first-order valence-electron chi connectivity index (χ1n) is 9.80. The number of rotatable bonds is 7. The summed E-state index contributed by atoms with van der Waals surface area (Å²) in [6.07, 6.45) is 3.24. The van der Waals surface area contributed by atoms with E-state index in [0.717, 1.165) is 10.7 Å². The standard InChI is InChI=1S/C21H21N5O4S2/c1-11-18(24-7-6-23-11)31-9-13-10-32-20-16(19(28)26(20)17(13)21(29)30)25-15(27)8-12-4-2-3-5-14(12)22/h2-7,16,20H,8-10,22H2,1H3,(H,25,27)(H,29,30)/t16?,20-/m0/s1. The van der Waals surface area contributed by atoms with Crippen LogP contribution in [-0.2, 0) is 20.8 Å². The SMILES string of the molecule is Cc1nccnc1SCC1=C(C(=O)O)N2C(=O)C(NC(=O)Cc3ccccc3N)[C@@H]2SC1. The molecule has 1 aromatic carbocycles. The first-order valence-corrected chi connectivity index (χ1v) is 11.8. The number of β-lactam (4-membered cyclic amide) rings is 1. The molecule has 0 spiro atoms. The number of carbonyl (C=O) groups is 3. The largest absolute Gasteiger partial charge is 0.477 e. The van der Waals surface area contributed by atoms with E-state index in [1.54, 1.807) is 36.7 Å². The Labute approximate surface area is 192 Å². The Bertz CT molecular complexity index is 1120. The molecule has 4 N–H and O–H groups in total. The highest BCUT2D eigenvalue weighted by Crippen LogP contribution is 2.41. The van der Waals surface area contributed by atoms with Crippen LogP contribution >= 0.6 is 23.5 Å². The summed E-state index contributed by atoms with van der Waals surface area (Å²) >= 11 is 2.83. The molecule has 166 valence electrons. The number of nitrogens with two attached hydrogens (primary N) is 1. The average Bonchev–Trinajstić information content (AvgIpc) is 2.77. The van der Waals surface area contributed by atoms with Crippen molar-refractivity contribution in [1.29, 1.82) is 0 Å². The number of para-hydroxylation sites is 1. The van der Waals surface area contributed by atoms with Gasteiger partial charge < -0.3 is 16.2 Å². The van der Waals surface area contributed by atoms with Crippen LogP contribution in [0.1, 0.15) is 11.3 Å². The zero-order valence-corrected chi connectivity index (χ0v) is 18.8. The van der Waals surface area contributed by atoms with Crippen molar-refractivity contribution in [2.24, 2.45) is 0 Å². The van der Waals surface area contributed by atoms with Gasteiger partial charge in [0.15, 0.2) is 0 Å². The molecule has 2 aromatic rings. The third kappa shape index (κ3) is 4.30. The van der Waals surface area contributed by atoms with E-state index in [9.17, 15) is 19.5 Å². The molecule has 1 saturated heterocycles. The zero-order valence-electron chi connectivity index (χ0n) is 17.1. The molecule has 0 aliphatic carbocycles. The smallest absolute Gasteiger partial charge is 0.352 e. The highest BCUT2D eigenvalue weighted by atomic mass is 32.2. The van der Waals surface area contributed by atoms with Gasteiger partial charge in [0.2, 0.25) is 5.91 Å². The number of hydrogen-bond acceptors (Lipinski definition) is 8. The molecular formula is C21H21N5O4S2. The number of anilines is 1. The number of nitrogen functional groups attached to an aromatic ring is 1. The number of thioether (sulfide) groups is 2. The van der Waals surface area contributed by atoms with Crippen molar-refractivity contribution in [3.05, 3.63) is 59.2 Å². The minimum absolute atomic E-state index is 0.00871. The zero-order chi connectivity index (χ0) is 22.8. The molecule has 9 nitrogen and oxygen atoms in total. The van der Waals surface area contributed by atoms with Crippen LogP contribution in [0.15, 0.2) is 53.0 Å². The lowest BCUT2D eigenvalue weighted by atomic mass is 10.0. The van der Waals surface area contributed by atoms with Gasteiger partial charge in [0.05, 0.1) is 12.1 Å². The first kappa shape index (κ1) is 22.2. The summed E-state index contributed by atoms with van der Waals surface area (Å²) in [5, 5.41) is 12.8. The molecule has 11 heteroatoms. The average molecular weight is 472 g/mol. The van der Waals surface area contributed by atoms with Crippen LogP contribution in [-0.4, -0.2) is 60.7 Å². The molecule has 2 atom stereocenters. The van der Waals surface area contributed by atoms with Crippen molar-refractivity contribution in [3.63, 3.8) is 0 Å². The summed E-state index contributed by atoms with van der Waals surface area (Å²) in [5.74, 6) is -1.08. The molecule has 0 saturated carbocycles. The Kier molecular flexibility index (Phi) is 6.38. The van der Waals surface area contributed by atoms with Crippen molar-refractivity contribution >= 4 is 47.0 Å². The monoisotopic (exact) mass is 471 g/mol. The molecule has 1 unspecified atom stereocenters. The Morgan fingerprint density at radius 3 is 2.78 bits per heavy atom. The summed E-state index contributed by atoms with van der Waals surface area (Å²) in [6.45, 7) is 1.84. The number of hydrogen-bond donors (Lipinski definition) is 3. The number of carboxylic acids is 1. The lowest BCUT2D eigenvalue weighted by molar-refractivity contribution is -0.150. The van der Waals surface area contributed by atoms with Crippen molar-refractivity contribution < 1.29 is 19.5 Å². The van der Waals surface area contributed by atoms with E-state index in [2.05, 4.69) is 15.3 Å². The summed E-state index contributed by atoms with van der Waals surface area (Å²) in [4.78, 5) is 47.0. The van der Waals surface area contributed by atoms with E-state index in [1.807, 2.05) is 6.92 Å². The molecule has 32 heavy (non-hydrogen) atoms. The van der Waals surface area contributed by atoms with Gasteiger partial charge in [0.25, 0.3) is 5.91 Å². The lowest BCUT2D eigenvalue weighted by Crippen LogP contribution is -2.70. The molecule has 1 fully saturated rings. The summed E-state index contributed by atoms with van der Waals surface area (Å²) in [7, 11) is 0. The lowest BCUT2D eigenvalue weighted by Gasteiger charge is -2.49. The Hall–Kier alpha value is -3.05.